The van der Waals surface area contributed by atoms with Gasteiger partial charge >= 0.3 is 0 Å². The molecule has 0 aliphatic carbocycles. The van der Waals surface area contributed by atoms with Crippen LogP contribution in [0.15, 0.2) is 0 Å². The number of hydrogen-bond donors (Lipinski definition) is 2. The van der Waals surface area contributed by atoms with Crippen LogP contribution < -0.4 is 11.5 Å². The molecule has 0 aromatic carbocycles. The van der Waals surface area contributed by atoms with E-state index in [2.05, 4.69) is 0 Å². The Balaban J connectivity index is 2.41. The first-order valence-electron chi connectivity index (χ1n) is 3.49. The summed E-state index contributed by atoms with van der Waals surface area (Å²) >= 11 is 0. The molecular weight excluding hydrogens is 132 g/mol. The van der Waals surface area contributed by atoms with Gasteiger partial charge in [-0.05, 0) is 6.92 Å². The van der Waals surface area contributed by atoms with Gasteiger partial charge in [0.15, 0.2) is 6.29 Å². The summed E-state index contributed by atoms with van der Waals surface area (Å²) < 4.78 is 10.6. The van der Waals surface area contributed by atoms with Gasteiger partial charge in [0.25, 0.3) is 0 Å². The largest absolute Gasteiger partial charge is 0.346 e. The molecule has 4 nitrogen and oxygen atoms in total. The molecule has 0 amide bonds. The molecule has 60 valence electrons. The van der Waals surface area contributed by atoms with E-state index in [1.54, 1.807) is 0 Å². The predicted molar refractivity (Wildman–Crippen MR) is 37.3 cm³/mol. The van der Waals surface area contributed by atoms with E-state index in [0.717, 1.165) is 0 Å². The van der Waals surface area contributed by atoms with Crippen LogP contribution in [0.4, 0.5) is 0 Å². The van der Waals surface area contributed by atoms with Gasteiger partial charge in [0, 0.05) is 13.1 Å². The summed E-state index contributed by atoms with van der Waals surface area (Å²) in [6.07, 6.45) is -0.179. The van der Waals surface area contributed by atoms with Gasteiger partial charge in [-0.15, -0.1) is 0 Å². The van der Waals surface area contributed by atoms with Crippen LogP contribution in [0.2, 0.25) is 0 Å². The second-order valence-electron chi connectivity index (χ2n) is 2.39. The highest BCUT2D eigenvalue weighted by molar-refractivity contribution is 4.77. The number of nitrogens with two attached hydrogens (primary N) is 2. The van der Waals surface area contributed by atoms with E-state index in [4.69, 9.17) is 20.9 Å². The summed E-state index contributed by atoms with van der Waals surface area (Å²) in [6.45, 7) is 2.80. The van der Waals surface area contributed by atoms with Gasteiger partial charge in [0.2, 0.25) is 0 Å². The second kappa shape index (κ2) is 3.30. The van der Waals surface area contributed by atoms with Crippen LogP contribution in [0.5, 0.6) is 0 Å². The van der Waals surface area contributed by atoms with Crippen molar-refractivity contribution in [1.29, 1.82) is 0 Å². The third-order valence-corrected chi connectivity index (χ3v) is 1.61. The van der Waals surface area contributed by atoms with Crippen LogP contribution in [0, 0.1) is 0 Å². The minimum Gasteiger partial charge on any atom is -0.346 e. The maximum atomic E-state index is 5.40. The van der Waals surface area contributed by atoms with Crippen molar-refractivity contribution in [1.82, 2.24) is 0 Å². The zero-order valence-electron chi connectivity index (χ0n) is 6.12. The van der Waals surface area contributed by atoms with Crippen LogP contribution in [-0.2, 0) is 9.47 Å². The molecule has 2 unspecified atom stereocenters. The third-order valence-electron chi connectivity index (χ3n) is 1.61. The van der Waals surface area contributed by atoms with Crippen molar-refractivity contribution < 1.29 is 9.47 Å². The number of ether oxygens (including phenoxy) is 2. The Morgan fingerprint density at radius 2 is 1.50 bits per heavy atom. The molecule has 4 heteroatoms. The summed E-state index contributed by atoms with van der Waals surface area (Å²) in [4.78, 5) is 0. The first-order chi connectivity index (χ1) is 4.77. The van der Waals surface area contributed by atoms with Crippen LogP contribution in [0.3, 0.4) is 0 Å². The van der Waals surface area contributed by atoms with Crippen LogP contribution in [0.1, 0.15) is 6.92 Å². The minimum absolute atomic E-state index is 0.0139. The lowest BCUT2D eigenvalue weighted by atomic mass is 10.2. The van der Waals surface area contributed by atoms with Crippen molar-refractivity contribution >= 4 is 0 Å². The van der Waals surface area contributed by atoms with Crippen molar-refractivity contribution in [2.24, 2.45) is 11.5 Å². The summed E-state index contributed by atoms with van der Waals surface area (Å²) in [5.74, 6) is 0. The molecule has 0 bridgehead atoms. The summed E-state index contributed by atoms with van der Waals surface area (Å²) in [7, 11) is 0. The van der Waals surface area contributed by atoms with Crippen LogP contribution in [-0.4, -0.2) is 31.6 Å². The van der Waals surface area contributed by atoms with Gasteiger partial charge in [0.05, 0.1) is 0 Å². The molecule has 4 N–H and O–H groups in total. The van der Waals surface area contributed by atoms with E-state index in [1.807, 2.05) is 6.92 Å². The highest BCUT2D eigenvalue weighted by Gasteiger charge is 2.31. The monoisotopic (exact) mass is 146 g/mol. The zero-order chi connectivity index (χ0) is 7.56. The van der Waals surface area contributed by atoms with Crippen molar-refractivity contribution in [3.05, 3.63) is 0 Å². The van der Waals surface area contributed by atoms with E-state index in [9.17, 15) is 0 Å². The van der Waals surface area contributed by atoms with E-state index in [0.29, 0.717) is 13.1 Å². The number of rotatable bonds is 2. The SMILES string of the molecule is CC1OC(CN)C(CN)O1. The van der Waals surface area contributed by atoms with Crippen molar-refractivity contribution in [3.63, 3.8) is 0 Å². The minimum atomic E-state index is -0.151. The Bertz CT molecular complexity index is 97.9. The topological polar surface area (TPSA) is 70.5 Å². The molecule has 1 fully saturated rings. The Kier molecular flexibility index (Phi) is 2.62. The lowest BCUT2D eigenvalue weighted by molar-refractivity contribution is -0.0488. The summed E-state index contributed by atoms with van der Waals surface area (Å²) in [6, 6.07) is 0. The molecule has 2 atom stereocenters. The fourth-order valence-corrected chi connectivity index (χ4v) is 1.11. The van der Waals surface area contributed by atoms with E-state index < -0.39 is 0 Å². The Morgan fingerprint density at radius 1 is 1.10 bits per heavy atom. The lowest BCUT2D eigenvalue weighted by Gasteiger charge is -2.11. The first-order valence-corrected chi connectivity index (χ1v) is 3.49. The molecule has 1 aliphatic rings. The highest BCUT2D eigenvalue weighted by atomic mass is 16.7. The lowest BCUT2D eigenvalue weighted by Crippen LogP contribution is -2.35. The van der Waals surface area contributed by atoms with Crippen molar-refractivity contribution in [2.45, 2.75) is 25.4 Å². The van der Waals surface area contributed by atoms with Gasteiger partial charge in [0.1, 0.15) is 12.2 Å². The fourth-order valence-electron chi connectivity index (χ4n) is 1.11. The molecule has 1 saturated heterocycles. The molecular formula is C6H14N2O2. The Labute approximate surface area is 60.5 Å². The van der Waals surface area contributed by atoms with Crippen molar-refractivity contribution in [3.8, 4) is 0 Å². The van der Waals surface area contributed by atoms with E-state index >= 15 is 0 Å². The van der Waals surface area contributed by atoms with Crippen LogP contribution >= 0.6 is 0 Å². The molecule has 1 heterocycles. The Hall–Kier alpha value is -0.160. The maximum Gasteiger partial charge on any atom is 0.155 e. The van der Waals surface area contributed by atoms with Gasteiger partial charge in [-0.3, -0.25) is 0 Å². The molecule has 0 spiro atoms. The standard InChI is InChI=1S/C6H14N2O2/c1-4-9-5(2-7)6(3-8)10-4/h4-6H,2-3,7-8H2,1H3. The van der Waals surface area contributed by atoms with E-state index in [-0.39, 0.29) is 18.5 Å². The summed E-state index contributed by atoms with van der Waals surface area (Å²) in [5.41, 5.74) is 10.8. The molecule has 0 aromatic heterocycles. The predicted octanol–water partition coefficient (Wildman–Crippen LogP) is -0.966. The van der Waals surface area contributed by atoms with Crippen LogP contribution in [0.25, 0.3) is 0 Å². The van der Waals surface area contributed by atoms with Gasteiger partial charge in [-0.25, -0.2) is 0 Å². The first kappa shape index (κ1) is 7.94. The maximum absolute atomic E-state index is 5.40. The molecule has 1 aliphatic heterocycles. The average molecular weight is 146 g/mol. The smallest absolute Gasteiger partial charge is 0.155 e. The van der Waals surface area contributed by atoms with E-state index in [1.165, 1.54) is 0 Å². The van der Waals surface area contributed by atoms with Gasteiger partial charge in [-0.1, -0.05) is 0 Å². The van der Waals surface area contributed by atoms with Gasteiger partial charge < -0.3 is 20.9 Å². The molecule has 10 heavy (non-hydrogen) atoms. The average Bonchev–Trinajstić information content (AvgIpc) is 2.30. The van der Waals surface area contributed by atoms with Crippen molar-refractivity contribution in [2.75, 3.05) is 13.1 Å². The second-order valence-corrected chi connectivity index (χ2v) is 2.39. The molecule has 0 saturated carbocycles. The fraction of sp³-hybridized carbons (Fsp3) is 1.00. The normalized spacial score (nSPS) is 40.5. The Morgan fingerprint density at radius 3 is 1.80 bits per heavy atom. The molecule has 0 radical (unpaired) electrons. The molecule has 1 rings (SSSR count). The third kappa shape index (κ3) is 1.46. The highest BCUT2D eigenvalue weighted by Crippen LogP contribution is 2.16. The number of hydrogen-bond acceptors (Lipinski definition) is 4. The zero-order valence-corrected chi connectivity index (χ0v) is 6.12. The molecule has 0 aromatic rings. The van der Waals surface area contributed by atoms with Gasteiger partial charge in [-0.2, -0.15) is 0 Å². The summed E-state index contributed by atoms with van der Waals surface area (Å²) in [5, 5.41) is 0. The quantitative estimate of drug-likeness (QED) is 0.526.